The maximum Gasteiger partial charge on any atom is 0.122 e. The molecule has 1 unspecified atom stereocenters. The van der Waals surface area contributed by atoms with Gasteiger partial charge in [-0.3, -0.25) is 0 Å². The molecule has 2 rings (SSSR count). The molecule has 0 bridgehead atoms. The van der Waals surface area contributed by atoms with Crippen molar-refractivity contribution in [1.82, 2.24) is 0 Å². The normalized spacial score (nSPS) is 12.0. The van der Waals surface area contributed by atoms with Crippen molar-refractivity contribution < 1.29 is 9.47 Å². The van der Waals surface area contributed by atoms with Crippen LogP contribution in [0.15, 0.2) is 42.5 Å². The fourth-order valence-electron chi connectivity index (χ4n) is 1.98. The lowest BCUT2D eigenvalue weighted by atomic mass is 10.1. The van der Waals surface area contributed by atoms with Crippen molar-refractivity contribution in [2.75, 3.05) is 13.7 Å². The van der Waals surface area contributed by atoms with Crippen molar-refractivity contribution in [3.8, 4) is 11.5 Å². The monoisotopic (exact) mass is 325 g/mol. The molecule has 112 valence electrons. The van der Waals surface area contributed by atoms with Crippen LogP contribution in [0.2, 0.25) is 10.0 Å². The molecule has 0 heterocycles. The van der Waals surface area contributed by atoms with E-state index in [0.717, 1.165) is 17.1 Å². The van der Waals surface area contributed by atoms with Crippen LogP contribution in [0.3, 0.4) is 0 Å². The molecule has 0 saturated heterocycles. The van der Waals surface area contributed by atoms with Crippen LogP contribution in [-0.2, 0) is 6.42 Å². The van der Waals surface area contributed by atoms with Gasteiger partial charge in [-0.1, -0.05) is 23.2 Å². The molecule has 0 aromatic heterocycles. The lowest BCUT2D eigenvalue weighted by molar-refractivity contribution is 0.286. The second-order valence-electron chi connectivity index (χ2n) is 4.69. The fourth-order valence-corrected chi connectivity index (χ4v) is 2.30. The molecule has 5 heteroatoms. The van der Waals surface area contributed by atoms with Gasteiger partial charge in [-0.05, 0) is 54.4 Å². The lowest BCUT2D eigenvalue weighted by Crippen LogP contribution is -2.30. The van der Waals surface area contributed by atoms with Gasteiger partial charge in [0.15, 0.2) is 0 Å². The Morgan fingerprint density at radius 1 is 1.05 bits per heavy atom. The van der Waals surface area contributed by atoms with Crippen molar-refractivity contribution in [2.45, 2.75) is 12.5 Å². The Morgan fingerprint density at radius 3 is 2.38 bits per heavy atom. The van der Waals surface area contributed by atoms with E-state index < -0.39 is 0 Å². The van der Waals surface area contributed by atoms with Gasteiger partial charge in [-0.2, -0.15) is 0 Å². The number of hydrogen-bond acceptors (Lipinski definition) is 3. The zero-order valence-electron chi connectivity index (χ0n) is 11.7. The third-order valence-electron chi connectivity index (χ3n) is 3.00. The molecular formula is C16H17Cl2NO2. The smallest absolute Gasteiger partial charge is 0.122 e. The summed E-state index contributed by atoms with van der Waals surface area (Å²) in [5.41, 5.74) is 7.08. The van der Waals surface area contributed by atoms with Gasteiger partial charge >= 0.3 is 0 Å². The van der Waals surface area contributed by atoms with Crippen molar-refractivity contribution in [1.29, 1.82) is 0 Å². The first kappa shape index (κ1) is 16.0. The highest BCUT2D eigenvalue weighted by Gasteiger charge is 2.10. The van der Waals surface area contributed by atoms with Gasteiger partial charge in [0.1, 0.15) is 18.1 Å². The summed E-state index contributed by atoms with van der Waals surface area (Å²) in [6, 6.07) is 12.5. The highest BCUT2D eigenvalue weighted by molar-refractivity contribution is 6.30. The van der Waals surface area contributed by atoms with E-state index in [0.29, 0.717) is 23.1 Å². The molecule has 2 aromatic carbocycles. The van der Waals surface area contributed by atoms with Crippen LogP contribution in [0, 0.1) is 0 Å². The summed E-state index contributed by atoms with van der Waals surface area (Å²) >= 11 is 11.8. The van der Waals surface area contributed by atoms with Crippen molar-refractivity contribution in [2.24, 2.45) is 5.73 Å². The van der Waals surface area contributed by atoms with Crippen LogP contribution in [0.1, 0.15) is 5.56 Å². The average molecular weight is 326 g/mol. The first-order valence-electron chi connectivity index (χ1n) is 6.55. The summed E-state index contributed by atoms with van der Waals surface area (Å²) in [5, 5.41) is 1.34. The van der Waals surface area contributed by atoms with E-state index in [-0.39, 0.29) is 6.04 Å². The zero-order valence-corrected chi connectivity index (χ0v) is 13.2. The minimum Gasteiger partial charge on any atom is -0.496 e. The van der Waals surface area contributed by atoms with Crippen LogP contribution in [0.25, 0.3) is 0 Å². The maximum atomic E-state index is 6.11. The number of nitrogens with two attached hydrogens (primary N) is 1. The predicted octanol–water partition coefficient (Wildman–Crippen LogP) is 3.95. The second kappa shape index (κ2) is 7.55. The highest BCUT2D eigenvalue weighted by Crippen LogP contribution is 2.24. The summed E-state index contributed by atoms with van der Waals surface area (Å²) in [4.78, 5) is 0. The summed E-state index contributed by atoms with van der Waals surface area (Å²) < 4.78 is 10.9. The molecule has 2 aromatic rings. The number of methoxy groups -OCH3 is 1. The molecule has 0 radical (unpaired) electrons. The maximum absolute atomic E-state index is 6.11. The van der Waals surface area contributed by atoms with Crippen LogP contribution >= 0.6 is 23.2 Å². The molecular weight excluding hydrogens is 309 g/mol. The molecule has 0 aliphatic rings. The van der Waals surface area contributed by atoms with Crippen LogP contribution in [-0.4, -0.2) is 19.8 Å². The third-order valence-corrected chi connectivity index (χ3v) is 3.49. The molecule has 0 amide bonds. The quantitative estimate of drug-likeness (QED) is 0.874. The number of ether oxygens (including phenoxy) is 2. The van der Waals surface area contributed by atoms with Gasteiger partial charge in [-0.25, -0.2) is 0 Å². The second-order valence-corrected chi connectivity index (χ2v) is 5.56. The third kappa shape index (κ3) is 4.81. The van der Waals surface area contributed by atoms with E-state index in [1.807, 2.05) is 24.3 Å². The van der Waals surface area contributed by atoms with Gasteiger partial charge in [0.05, 0.1) is 7.11 Å². The first-order valence-corrected chi connectivity index (χ1v) is 7.30. The molecule has 2 N–H and O–H groups in total. The van der Waals surface area contributed by atoms with Gasteiger partial charge in [0.2, 0.25) is 0 Å². The Kier molecular flexibility index (Phi) is 5.74. The Morgan fingerprint density at radius 2 is 1.71 bits per heavy atom. The van der Waals surface area contributed by atoms with Crippen molar-refractivity contribution in [3.05, 3.63) is 58.1 Å². The molecule has 3 nitrogen and oxygen atoms in total. The lowest BCUT2D eigenvalue weighted by Gasteiger charge is -2.15. The van der Waals surface area contributed by atoms with E-state index >= 15 is 0 Å². The standard InChI is InChI=1S/C16H17Cl2NO2/c1-20-16-7-4-13(18)8-11(16)9-14(19)10-21-15-5-2-12(17)3-6-15/h2-8,14H,9-10,19H2,1H3. The molecule has 0 aliphatic carbocycles. The fraction of sp³-hybridized carbons (Fsp3) is 0.250. The van der Waals surface area contributed by atoms with E-state index in [1.54, 1.807) is 25.3 Å². The predicted molar refractivity (Wildman–Crippen MR) is 86.6 cm³/mol. The summed E-state index contributed by atoms with van der Waals surface area (Å²) in [6.07, 6.45) is 0.622. The molecule has 0 aliphatic heterocycles. The summed E-state index contributed by atoms with van der Waals surface area (Å²) in [7, 11) is 1.63. The molecule has 21 heavy (non-hydrogen) atoms. The summed E-state index contributed by atoms with van der Waals surface area (Å²) in [5.74, 6) is 1.52. The number of benzene rings is 2. The zero-order chi connectivity index (χ0) is 15.2. The first-order chi connectivity index (χ1) is 10.1. The van der Waals surface area contributed by atoms with E-state index in [4.69, 9.17) is 38.4 Å². The molecule has 0 fully saturated rings. The Hall–Kier alpha value is -1.42. The SMILES string of the molecule is COc1ccc(Cl)cc1CC(N)COc1ccc(Cl)cc1. The van der Waals surface area contributed by atoms with E-state index in [2.05, 4.69) is 0 Å². The van der Waals surface area contributed by atoms with Crippen LogP contribution in [0.5, 0.6) is 11.5 Å². The van der Waals surface area contributed by atoms with Gasteiger partial charge in [0, 0.05) is 16.1 Å². The van der Waals surface area contributed by atoms with Crippen LogP contribution in [0.4, 0.5) is 0 Å². The Balaban J connectivity index is 1.94. The van der Waals surface area contributed by atoms with E-state index in [9.17, 15) is 0 Å². The van der Waals surface area contributed by atoms with E-state index in [1.165, 1.54) is 0 Å². The van der Waals surface area contributed by atoms with Gasteiger partial charge < -0.3 is 15.2 Å². The average Bonchev–Trinajstić information content (AvgIpc) is 2.47. The number of rotatable bonds is 6. The number of halogens is 2. The largest absolute Gasteiger partial charge is 0.496 e. The topological polar surface area (TPSA) is 44.5 Å². The molecule has 0 spiro atoms. The number of hydrogen-bond donors (Lipinski definition) is 1. The van der Waals surface area contributed by atoms with Gasteiger partial charge in [-0.15, -0.1) is 0 Å². The van der Waals surface area contributed by atoms with Crippen molar-refractivity contribution in [3.63, 3.8) is 0 Å². The van der Waals surface area contributed by atoms with Gasteiger partial charge in [0.25, 0.3) is 0 Å². The minimum atomic E-state index is -0.159. The highest BCUT2D eigenvalue weighted by atomic mass is 35.5. The van der Waals surface area contributed by atoms with Crippen molar-refractivity contribution >= 4 is 23.2 Å². The molecule has 1 atom stereocenters. The minimum absolute atomic E-state index is 0.159. The van der Waals surface area contributed by atoms with Crippen LogP contribution < -0.4 is 15.2 Å². The Bertz CT molecular complexity index is 587. The molecule has 0 saturated carbocycles. The summed E-state index contributed by atoms with van der Waals surface area (Å²) in [6.45, 7) is 0.400. The Labute approximate surface area is 134 Å².